The van der Waals surface area contributed by atoms with Gasteiger partial charge in [-0.25, -0.2) is 0 Å². The molecule has 0 amide bonds. The Labute approximate surface area is 127 Å². The average molecular weight is 277 g/mol. The smallest absolute Gasteiger partial charge is 0.0203 e. The average Bonchev–Trinajstić information content (AvgIpc) is 2.49. The van der Waals surface area contributed by atoms with Gasteiger partial charge in [0.1, 0.15) is 0 Å². The molecule has 0 spiro atoms. The molecule has 2 aliphatic carbocycles. The van der Waals surface area contributed by atoms with E-state index in [0.29, 0.717) is 0 Å². The first-order chi connectivity index (χ1) is 9.83. The van der Waals surface area contributed by atoms with Crippen LogP contribution in [0.3, 0.4) is 0 Å². The summed E-state index contributed by atoms with van der Waals surface area (Å²) in [6, 6.07) is 0. The summed E-state index contributed by atoms with van der Waals surface area (Å²) in [4.78, 5) is 0. The van der Waals surface area contributed by atoms with Gasteiger partial charge in [-0.3, -0.25) is 0 Å². The molecule has 1 fully saturated rings. The lowest BCUT2D eigenvalue weighted by molar-refractivity contribution is 0.271. The Bertz CT molecular complexity index is 280. The minimum atomic E-state index is 0.970. The van der Waals surface area contributed by atoms with Gasteiger partial charge in [0.15, 0.2) is 0 Å². The van der Waals surface area contributed by atoms with Crippen molar-refractivity contribution in [3.05, 3.63) is 11.6 Å². The molecule has 0 saturated heterocycles. The highest BCUT2D eigenvalue weighted by atomic mass is 14.3. The zero-order chi connectivity index (χ0) is 14.2. The molecule has 2 aliphatic rings. The van der Waals surface area contributed by atoms with Crippen LogP contribution in [-0.4, -0.2) is 0 Å². The Kier molecular flexibility index (Phi) is 7.17. The van der Waals surface area contributed by atoms with E-state index in [-0.39, 0.29) is 0 Å². The van der Waals surface area contributed by atoms with Crippen LogP contribution in [-0.2, 0) is 0 Å². The fourth-order valence-corrected chi connectivity index (χ4v) is 4.52. The van der Waals surface area contributed by atoms with E-state index in [4.69, 9.17) is 0 Å². The molecule has 0 aromatic rings. The molecule has 0 radical (unpaired) electrons. The molecular formula is C20H36. The quantitative estimate of drug-likeness (QED) is 0.350. The molecule has 2 rings (SSSR count). The lowest BCUT2D eigenvalue weighted by Gasteiger charge is -2.33. The number of hydrogen-bond donors (Lipinski definition) is 0. The molecule has 20 heavy (non-hydrogen) atoms. The molecule has 0 heteroatoms. The summed E-state index contributed by atoms with van der Waals surface area (Å²) in [6.45, 7) is 4.66. The van der Waals surface area contributed by atoms with E-state index >= 15 is 0 Å². The molecule has 0 heterocycles. The molecule has 1 unspecified atom stereocenters. The third-order valence-electron chi connectivity index (χ3n) is 5.79. The third-order valence-corrected chi connectivity index (χ3v) is 5.79. The molecule has 0 aliphatic heterocycles. The van der Waals surface area contributed by atoms with E-state index < -0.39 is 0 Å². The summed E-state index contributed by atoms with van der Waals surface area (Å²) in [5.41, 5.74) is 1.87. The van der Waals surface area contributed by atoms with Crippen LogP contribution in [0.15, 0.2) is 11.6 Å². The van der Waals surface area contributed by atoms with E-state index in [1.165, 1.54) is 83.5 Å². The van der Waals surface area contributed by atoms with Crippen LogP contribution in [0.2, 0.25) is 0 Å². The van der Waals surface area contributed by atoms with Crippen molar-refractivity contribution >= 4 is 0 Å². The van der Waals surface area contributed by atoms with Crippen molar-refractivity contribution in [1.29, 1.82) is 0 Å². The van der Waals surface area contributed by atoms with E-state index in [1.807, 2.05) is 5.57 Å². The zero-order valence-corrected chi connectivity index (χ0v) is 14.0. The maximum atomic E-state index is 2.63. The second kappa shape index (κ2) is 8.90. The first-order valence-corrected chi connectivity index (χ1v) is 9.52. The fraction of sp³-hybridized carbons (Fsp3) is 0.900. The van der Waals surface area contributed by atoms with Gasteiger partial charge in [0.2, 0.25) is 0 Å². The van der Waals surface area contributed by atoms with Crippen molar-refractivity contribution < 1.29 is 0 Å². The SMILES string of the molecule is CCCCCC1CCC=C(C2CCC(CCC)CC2)C1. The predicted octanol–water partition coefficient (Wildman–Crippen LogP) is 6.90. The zero-order valence-electron chi connectivity index (χ0n) is 14.0. The van der Waals surface area contributed by atoms with Gasteiger partial charge < -0.3 is 0 Å². The number of hydrogen-bond acceptors (Lipinski definition) is 0. The van der Waals surface area contributed by atoms with Gasteiger partial charge >= 0.3 is 0 Å². The second-order valence-corrected chi connectivity index (χ2v) is 7.43. The minimum absolute atomic E-state index is 0.970. The molecule has 0 aromatic heterocycles. The third kappa shape index (κ3) is 4.93. The van der Waals surface area contributed by atoms with Crippen LogP contribution in [0.25, 0.3) is 0 Å². The normalized spacial score (nSPS) is 31.1. The summed E-state index contributed by atoms with van der Waals surface area (Å²) < 4.78 is 0. The van der Waals surface area contributed by atoms with Crippen LogP contribution in [0.4, 0.5) is 0 Å². The van der Waals surface area contributed by atoms with Crippen LogP contribution in [0.5, 0.6) is 0 Å². The van der Waals surface area contributed by atoms with Crippen molar-refractivity contribution in [3.8, 4) is 0 Å². The molecular weight excluding hydrogens is 240 g/mol. The van der Waals surface area contributed by atoms with E-state index in [2.05, 4.69) is 19.9 Å². The first-order valence-electron chi connectivity index (χ1n) is 9.52. The molecule has 0 nitrogen and oxygen atoms in total. The van der Waals surface area contributed by atoms with Crippen molar-refractivity contribution in [2.45, 2.75) is 97.3 Å². The van der Waals surface area contributed by atoms with Crippen LogP contribution in [0.1, 0.15) is 97.3 Å². The molecule has 1 atom stereocenters. The van der Waals surface area contributed by atoms with E-state index in [1.54, 1.807) is 0 Å². The molecule has 0 aromatic carbocycles. The largest absolute Gasteiger partial charge is 0.0850 e. The van der Waals surface area contributed by atoms with Gasteiger partial charge in [-0.1, -0.05) is 64.0 Å². The first kappa shape index (κ1) is 16.1. The van der Waals surface area contributed by atoms with E-state index in [0.717, 1.165) is 17.8 Å². The Morgan fingerprint density at radius 2 is 1.65 bits per heavy atom. The topological polar surface area (TPSA) is 0 Å². The summed E-state index contributed by atoms with van der Waals surface area (Å²) >= 11 is 0. The Morgan fingerprint density at radius 1 is 0.850 bits per heavy atom. The lowest BCUT2D eigenvalue weighted by Crippen LogP contribution is -2.19. The highest BCUT2D eigenvalue weighted by Gasteiger charge is 2.26. The van der Waals surface area contributed by atoms with E-state index in [9.17, 15) is 0 Å². The van der Waals surface area contributed by atoms with Gasteiger partial charge in [-0.2, -0.15) is 0 Å². The van der Waals surface area contributed by atoms with Crippen molar-refractivity contribution in [3.63, 3.8) is 0 Å². The van der Waals surface area contributed by atoms with Crippen LogP contribution in [0, 0.1) is 17.8 Å². The number of allylic oxidation sites excluding steroid dienone is 2. The molecule has 1 saturated carbocycles. The Balaban J connectivity index is 1.74. The monoisotopic (exact) mass is 276 g/mol. The van der Waals surface area contributed by atoms with Gasteiger partial charge in [0.25, 0.3) is 0 Å². The van der Waals surface area contributed by atoms with Gasteiger partial charge in [0, 0.05) is 0 Å². The van der Waals surface area contributed by atoms with Crippen molar-refractivity contribution in [2.24, 2.45) is 17.8 Å². The number of unbranched alkanes of at least 4 members (excludes halogenated alkanes) is 2. The minimum Gasteiger partial charge on any atom is -0.0850 e. The Morgan fingerprint density at radius 3 is 2.35 bits per heavy atom. The predicted molar refractivity (Wildman–Crippen MR) is 89.9 cm³/mol. The molecule has 0 bridgehead atoms. The van der Waals surface area contributed by atoms with Gasteiger partial charge in [-0.05, 0) is 62.7 Å². The highest BCUT2D eigenvalue weighted by molar-refractivity contribution is 5.11. The second-order valence-electron chi connectivity index (χ2n) is 7.43. The van der Waals surface area contributed by atoms with Crippen LogP contribution >= 0.6 is 0 Å². The maximum absolute atomic E-state index is 2.63. The van der Waals surface area contributed by atoms with Crippen LogP contribution < -0.4 is 0 Å². The molecule has 0 N–H and O–H groups in total. The summed E-state index contributed by atoms with van der Waals surface area (Å²) in [5.74, 6) is 3.05. The van der Waals surface area contributed by atoms with Gasteiger partial charge in [0.05, 0.1) is 0 Å². The fourth-order valence-electron chi connectivity index (χ4n) is 4.52. The summed E-state index contributed by atoms with van der Waals surface area (Å²) in [5, 5.41) is 0. The Hall–Kier alpha value is -0.260. The number of rotatable bonds is 7. The van der Waals surface area contributed by atoms with Crippen molar-refractivity contribution in [1.82, 2.24) is 0 Å². The summed E-state index contributed by atoms with van der Waals surface area (Å²) in [7, 11) is 0. The molecule has 116 valence electrons. The maximum Gasteiger partial charge on any atom is -0.0203 e. The highest BCUT2D eigenvalue weighted by Crippen LogP contribution is 2.40. The standard InChI is InChI=1S/C20H36/c1-3-5-6-9-18-10-7-11-20(16-18)19-14-12-17(8-4-2)13-15-19/h11,17-19H,3-10,12-16H2,1-2H3. The lowest BCUT2D eigenvalue weighted by atomic mass is 9.72. The van der Waals surface area contributed by atoms with Crippen molar-refractivity contribution in [2.75, 3.05) is 0 Å². The summed E-state index contributed by atoms with van der Waals surface area (Å²) in [6.07, 6.45) is 21.6. The van der Waals surface area contributed by atoms with Gasteiger partial charge in [-0.15, -0.1) is 0 Å².